The van der Waals surface area contributed by atoms with Crippen LogP contribution >= 0.6 is 0 Å². The number of carbonyl (C=O) groups is 11. The zero-order valence-electron chi connectivity index (χ0n) is 41.5. The molecule has 0 aliphatic heterocycles. The van der Waals surface area contributed by atoms with Crippen LogP contribution in [-0.4, -0.2) is 145 Å². The predicted molar refractivity (Wildman–Crippen MR) is 274 cm³/mol. The number of carboxylic acids is 5. The molecule has 26 heteroatoms. The fourth-order valence-corrected chi connectivity index (χ4v) is 7.85. The van der Waals surface area contributed by atoms with E-state index >= 15 is 0 Å². The maximum atomic E-state index is 14.0. The second-order valence-electron chi connectivity index (χ2n) is 17.8. The Kier molecular flexibility index (Phi) is 24.0. The molecule has 0 bridgehead atoms. The number of hydrogen-bond donors (Lipinski definition) is 13. The number of hydrogen-bond acceptors (Lipinski definition) is 13. The van der Waals surface area contributed by atoms with E-state index in [1.807, 2.05) is 42.5 Å². The zero-order valence-corrected chi connectivity index (χ0v) is 41.5. The van der Waals surface area contributed by atoms with Gasteiger partial charge in [-0.3, -0.25) is 38.4 Å². The molecule has 5 atom stereocenters. The molecule has 0 fully saturated rings. The number of amides is 7. The van der Waals surface area contributed by atoms with Gasteiger partial charge in [0.25, 0.3) is 0 Å². The first-order valence-corrected chi connectivity index (χ1v) is 24.2. The van der Waals surface area contributed by atoms with Crippen molar-refractivity contribution in [1.82, 2.24) is 31.9 Å². The van der Waals surface area contributed by atoms with Crippen molar-refractivity contribution in [3.8, 4) is 0 Å². The van der Waals surface area contributed by atoms with Crippen LogP contribution in [-0.2, 0) is 67.3 Å². The minimum Gasteiger partial charge on any atom is -0.481 e. The van der Waals surface area contributed by atoms with Crippen LogP contribution in [0, 0.1) is 0 Å². The van der Waals surface area contributed by atoms with E-state index in [4.69, 9.17) is 5.11 Å². The summed E-state index contributed by atoms with van der Waals surface area (Å²) in [5.41, 5.74) is 2.02. The maximum Gasteiger partial charge on any atom is 0.488 e. The van der Waals surface area contributed by atoms with Crippen LogP contribution in [0.2, 0.25) is 0 Å². The molecule has 0 saturated heterocycles. The van der Waals surface area contributed by atoms with Gasteiger partial charge in [-0.25, -0.2) is 14.4 Å². The summed E-state index contributed by atoms with van der Waals surface area (Å²) in [7, 11) is -1.74. The number of fused-ring (bicyclic) bond motifs is 1. The Labute approximate surface area is 440 Å². The van der Waals surface area contributed by atoms with Gasteiger partial charge in [0.15, 0.2) is 0 Å². The van der Waals surface area contributed by atoms with E-state index in [2.05, 4.69) is 31.9 Å². The maximum absolute atomic E-state index is 14.0. The molecular weight excluding hydrogens is 1010 g/mol. The number of nitrogens with one attached hydrogen (secondary N) is 6. The number of urea groups is 1. The first-order chi connectivity index (χ1) is 36.6. The van der Waals surface area contributed by atoms with E-state index < -0.39 is 129 Å². The van der Waals surface area contributed by atoms with Gasteiger partial charge in [-0.1, -0.05) is 78.9 Å². The van der Waals surface area contributed by atoms with Crippen molar-refractivity contribution in [2.24, 2.45) is 0 Å². The lowest BCUT2D eigenvalue weighted by Crippen LogP contribution is -2.54. The van der Waals surface area contributed by atoms with Crippen LogP contribution < -0.4 is 42.3 Å². The van der Waals surface area contributed by atoms with Gasteiger partial charge in [0, 0.05) is 44.5 Å². The molecule has 410 valence electrons. The molecule has 4 aromatic rings. The molecule has 0 aromatic heterocycles. The topological polar surface area (TPSA) is 405 Å². The number of benzene rings is 4. The zero-order chi connectivity index (χ0) is 56.6. The summed E-state index contributed by atoms with van der Waals surface area (Å²) in [5.74, 6) is -9.86. The lowest BCUT2D eigenvalue weighted by molar-refractivity contribution is -0.141. The molecule has 4 rings (SSSR count). The minimum atomic E-state index is -1.74. The Morgan fingerprint density at radius 2 is 1.06 bits per heavy atom. The van der Waals surface area contributed by atoms with Gasteiger partial charge in [0.05, 0.1) is 6.42 Å². The van der Waals surface area contributed by atoms with Gasteiger partial charge >= 0.3 is 43.0 Å². The third kappa shape index (κ3) is 20.7. The van der Waals surface area contributed by atoms with E-state index in [0.29, 0.717) is 23.1 Å². The van der Waals surface area contributed by atoms with Crippen LogP contribution in [0.5, 0.6) is 0 Å². The molecule has 5 unspecified atom stereocenters. The largest absolute Gasteiger partial charge is 0.488 e. The Hall–Kier alpha value is -8.91. The molecule has 0 aliphatic rings. The minimum absolute atomic E-state index is 0.00735. The quantitative estimate of drug-likeness (QED) is 0.0170. The van der Waals surface area contributed by atoms with Gasteiger partial charge in [-0.2, -0.15) is 0 Å². The summed E-state index contributed by atoms with van der Waals surface area (Å²) in [6.45, 7) is -0.169. The summed E-state index contributed by atoms with van der Waals surface area (Å²) < 4.78 is 0. The van der Waals surface area contributed by atoms with Crippen molar-refractivity contribution >= 4 is 95.0 Å². The summed E-state index contributed by atoms with van der Waals surface area (Å²) in [6, 6.07) is 16.6. The van der Waals surface area contributed by atoms with E-state index in [1.165, 1.54) is 41.3 Å². The first-order valence-electron chi connectivity index (χ1n) is 24.2. The van der Waals surface area contributed by atoms with Gasteiger partial charge < -0.3 is 72.4 Å². The average Bonchev–Trinajstić information content (AvgIpc) is 3.38. The summed E-state index contributed by atoms with van der Waals surface area (Å²) >= 11 is 0. The van der Waals surface area contributed by atoms with Crippen molar-refractivity contribution in [3.05, 3.63) is 108 Å². The molecule has 0 spiro atoms. The highest BCUT2D eigenvalue weighted by molar-refractivity contribution is 6.58. The van der Waals surface area contributed by atoms with Crippen LogP contribution in [0.25, 0.3) is 10.8 Å². The molecule has 7 amide bonds. The monoisotopic (exact) mass is 1070 g/mol. The lowest BCUT2D eigenvalue weighted by Gasteiger charge is -2.28. The summed E-state index contributed by atoms with van der Waals surface area (Å²) in [5, 5.41) is 81.6. The van der Waals surface area contributed by atoms with Crippen LogP contribution in [0.4, 0.5) is 10.5 Å². The van der Waals surface area contributed by atoms with E-state index in [0.717, 1.165) is 10.8 Å². The van der Waals surface area contributed by atoms with Gasteiger partial charge in [-0.15, -0.1) is 0 Å². The average molecular weight is 1070 g/mol. The molecule has 77 heavy (non-hydrogen) atoms. The van der Waals surface area contributed by atoms with E-state index in [9.17, 15) is 83.2 Å². The number of rotatable bonds is 33. The second-order valence-corrected chi connectivity index (χ2v) is 17.8. The van der Waals surface area contributed by atoms with Gasteiger partial charge in [0.2, 0.25) is 30.0 Å². The molecule has 0 radical (unpaired) electrons. The fraction of sp³-hybridized carbons (Fsp3) is 0.353. The molecule has 4 aromatic carbocycles. The molecule has 13 N–H and O–H groups in total. The highest BCUT2D eigenvalue weighted by atomic mass is 16.4. The van der Waals surface area contributed by atoms with Gasteiger partial charge in [-0.05, 0) is 83.6 Å². The normalized spacial score (nSPS) is 12.8. The molecule has 0 saturated carbocycles. The molecular formula is C51H60BN7O18. The smallest absolute Gasteiger partial charge is 0.481 e. The van der Waals surface area contributed by atoms with Crippen LogP contribution in [0.15, 0.2) is 91.0 Å². The molecule has 0 aliphatic carbocycles. The first kappa shape index (κ1) is 60.6. The second kappa shape index (κ2) is 30.5. The number of aliphatic carboxylic acids is 5. The van der Waals surface area contributed by atoms with Crippen molar-refractivity contribution in [2.75, 3.05) is 11.4 Å². The number of unbranched alkanes of at least 4 members (excludes halogenated alkanes) is 1. The Morgan fingerprint density at radius 1 is 0.532 bits per heavy atom. The Morgan fingerprint density at radius 3 is 1.62 bits per heavy atom. The van der Waals surface area contributed by atoms with Gasteiger partial charge in [0.1, 0.15) is 30.2 Å². The fourth-order valence-electron chi connectivity index (χ4n) is 7.85. The van der Waals surface area contributed by atoms with E-state index in [-0.39, 0.29) is 62.8 Å². The number of carbonyl (C=O) groups excluding carboxylic acids is 6. The third-order valence-corrected chi connectivity index (χ3v) is 12.0. The summed E-state index contributed by atoms with van der Waals surface area (Å²) in [4.78, 5) is 138. The Balaban J connectivity index is 1.43. The van der Waals surface area contributed by atoms with Crippen molar-refractivity contribution in [1.29, 1.82) is 0 Å². The van der Waals surface area contributed by atoms with Crippen molar-refractivity contribution in [3.63, 3.8) is 0 Å². The highest BCUT2D eigenvalue weighted by Gasteiger charge is 2.30. The van der Waals surface area contributed by atoms with E-state index in [1.54, 1.807) is 12.1 Å². The molecule has 25 nitrogen and oxygen atoms in total. The number of anilines is 1. The number of nitrogens with zero attached hydrogens (tertiary/aromatic N) is 1. The molecule has 0 heterocycles. The van der Waals surface area contributed by atoms with Crippen LogP contribution in [0.3, 0.4) is 0 Å². The highest BCUT2D eigenvalue weighted by Crippen LogP contribution is 2.22. The Bertz CT molecular complexity index is 2740. The summed E-state index contributed by atoms with van der Waals surface area (Å²) in [6.07, 6.45) is -2.45. The predicted octanol–water partition coefficient (Wildman–Crippen LogP) is 0.00870. The number of carboxylic acid groups (broad SMARTS) is 5. The third-order valence-electron chi connectivity index (χ3n) is 12.0. The lowest BCUT2D eigenvalue weighted by atomic mass is 9.80. The van der Waals surface area contributed by atoms with Crippen molar-refractivity contribution < 1.29 is 88.3 Å². The SMILES string of the molecule is O=CN(c1ccc(CNC(=O)C(CCC(=O)O)NC(=O)C(CCC(=O)O)NC(=O)Cc2ccc(B(O)O)cc2)cc1)C(Cc1ccc2ccccc2c1)C(=O)NCCCCC(NC(=O)NC(CCC(=O)O)C(=O)O)C(=O)O. The van der Waals surface area contributed by atoms with Crippen LogP contribution in [0.1, 0.15) is 74.5 Å². The standard InChI is InChI=1S/C51H60BN7O18/c60-29-59(41(26-32-8-13-33-5-1-2-6-34(33)25-32)48(70)53-24-4-3-7-39(49(71)72)57-51(75)58-40(50(73)74)20-23-45(66)67)36-16-11-31(12-17-36)28-54-46(68)37(18-21-43(62)63)56-47(69)38(19-22-44(64)65)55-42(61)27-30-9-14-35(15-10-30)52(76)77/h1-2,5-6,8-17,25,29,37-41,76-77H,3-4,7,18-24,26-28H2,(H,53,70)(H,54,68)(H,55,61)(H,56,69)(H,62,63)(H,64,65)(H,66,67)(H,71,72)(H,73,74)(H2,57,58,75). The van der Waals surface area contributed by atoms with Crippen molar-refractivity contribution in [2.45, 2.75) is 107 Å².